The molecule has 112 valence electrons. The summed E-state index contributed by atoms with van der Waals surface area (Å²) in [6.07, 6.45) is -1.22. The molecule has 1 unspecified atom stereocenters. The Morgan fingerprint density at radius 1 is 1.05 bits per heavy atom. The molecule has 1 aliphatic rings. The third-order valence-electron chi connectivity index (χ3n) is 3.46. The Morgan fingerprint density at radius 2 is 1.64 bits per heavy atom. The summed E-state index contributed by atoms with van der Waals surface area (Å²) in [5, 5.41) is 11.7. The molecule has 2 N–H and O–H groups in total. The maximum atomic E-state index is 14.0. The van der Waals surface area contributed by atoms with Crippen LogP contribution in [0.2, 0.25) is 0 Å². The van der Waals surface area contributed by atoms with Gasteiger partial charge in [-0.1, -0.05) is 24.3 Å². The van der Waals surface area contributed by atoms with Crippen LogP contribution in [0.15, 0.2) is 30.3 Å². The van der Waals surface area contributed by atoms with E-state index in [-0.39, 0.29) is 22.3 Å². The summed E-state index contributed by atoms with van der Waals surface area (Å²) in [4.78, 5) is 25.0. The Morgan fingerprint density at radius 3 is 2.23 bits per heavy atom. The average molecular weight is 303 g/mol. The predicted octanol–water partition coefficient (Wildman–Crippen LogP) is 2.49. The number of aliphatic hydroxyl groups is 1. The lowest BCUT2D eigenvalue weighted by atomic mass is 9.83. The second-order valence-electron chi connectivity index (χ2n) is 4.99. The molecule has 0 spiro atoms. The van der Waals surface area contributed by atoms with Gasteiger partial charge in [-0.25, -0.2) is 8.78 Å². The lowest BCUT2D eigenvalue weighted by molar-refractivity contribution is 0.0978. The highest BCUT2D eigenvalue weighted by atomic mass is 19.2. The number of fused-ring (bicyclic) bond motifs is 2. The molecule has 6 heteroatoms. The Labute approximate surface area is 124 Å². The van der Waals surface area contributed by atoms with Crippen molar-refractivity contribution < 1.29 is 23.5 Å². The fourth-order valence-corrected chi connectivity index (χ4v) is 2.54. The third-order valence-corrected chi connectivity index (χ3v) is 3.46. The minimum absolute atomic E-state index is 0.125. The van der Waals surface area contributed by atoms with Gasteiger partial charge in [0.15, 0.2) is 23.2 Å². The molecule has 1 atom stereocenters. The monoisotopic (exact) mass is 303 g/mol. The van der Waals surface area contributed by atoms with Crippen LogP contribution in [0, 0.1) is 11.6 Å². The highest BCUT2D eigenvalue weighted by Gasteiger charge is 2.34. The second-order valence-corrected chi connectivity index (χ2v) is 4.99. The molecule has 0 bridgehead atoms. The summed E-state index contributed by atoms with van der Waals surface area (Å²) < 4.78 is 27.7. The molecule has 0 saturated heterocycles. The average Bonchev–Trinajstić information content (AvgIpc) is 2.49. The van der Waals surface area contributed by atoms with Gasteiger partial charge in [0.1, 0.15) is 6.23 Å². The van der Waals surface area contributed by atoms with Crippen molar-refractivity contribution in [3.63, 3.8) is 0 Å². The number of anilines is 1. The van der Waals surface area contributed by atoms with Crippen LogP contribution in [0.5, 0.6) is 0 Å². The summed E-state index contributed by atoms with van der Waals surface area (Å²) >= 11 is 0. The number of hydrogen-bond donors (Lipinski definition) is 2. The van der Waals surface area contributed by atoms with Crippen LogP contribution in [-0.2, 0) is 0 Å². The van der Waals surface area contributed by atoms with Gasteiger partial charge in [-0.2, -0.15) is 0 Å². The van der Waals surface area contributed by atoms with Gasteiger partial charge >= 0.3 is 0 Å². The van der Waals surface area contributed by atoms with Gasteiger partial charge in [0.2, 0.25) is 0 Å². The fourth-order valence-electron chi connectivity index (χ4n) is 2.54. The summed E-state index contributed by atoms with van der Waals surface area (Å²) in [5.41, 5.74) is -0.708. The van der Waals surface area contributed by atoms with Crippen molar-refractivity contribution in [1.29, 1.82) is 0 Å². The third kappa shape index (κ3) is 2.00. The van der Waals surface area contributed by atoms with Crippen LogP contribution >= 0.6 is 0 Å². The van der Waals surface area contributed by atoms with E-state index in [9.17, 15) is 23.5 Å². The largest absolute Gasteiger partial charge is 0.374 e. The summed E-state index contributed by atoms with van der Waals surface area (Å²) in [5.74, 6) is -3.72. The fraction of sp³-hybridized carbons (Fsp3) is 0.125. The van der Waals surface area contributed by atoms with Gasteiger partial charge in [-0.3, -0.25) is 9.59 Å². The zero-order valence-corrected chi connectivity index (χ0v) is 11.5. The molecule has 0 fully saturated rings. The van der Waals surface area contributed by atoms with E-state index in [0.29, 0.717) is 6.07 Å². The lowest BCUT2D eigenvalue weighted by Crippen LogP contribution is -2.26. The van der Waals surface area contributed by atoms with E-state index < -0.39 is 35.1 Å². The van der Waals surface area contributed by atoms with Crippen LogP contribution in [-0.4, -0.2) is 22.9 Å². The van der Waals surface area contributed by atoms with Gasteiger partial charge in [-0.05, 0) is 13.0 Å². The highest BCUT2D eigenvalue weighted by molar-refractivity contribution is 6.30. The van der Waals surface area contributed by atoms with E-state index in [1.807, 2.05) is 0 Å². The van der Waals surface area contributed by atoms with Crippen LogP contribution in [0.1, 0.15) is 38.8 Å². The molecule has 2 aromatic rings. The molecule has 0 heterocycles. The zero-order valence-electron chi connectivity index (χ0n) is 11.5. The van der Waals surface area contributed by atoms with Crippen LogP contribution in [0.25, 0.3) is 0 Å². The van der Waals surface area contributed by atoms with Crippen molar-refractivity contribution in [1.82, 2.24) is 0 Å². The molecular formula is C16H11F2NO3. The maximum absolute atomic E-state index is 14.0. The van der Waals surface area contributed by atoms with Crippen LogP contribution in [0.4, 0.5) is 14.5 Å². The first-order valence-electron chi connectivity index (χ1n) is 6.57. The van der Waals surface area contributed by atoms with Crippen molar-refractivity contribution in [3.05, 3.63) is 64.2 Å². The van der Waals surface area contributed by atoms with E-state index in [0.717, 1.165) is 0 Å². The smallest absolute Gasteiger partial charge is 0.196 e. The number of halogens is 2. The molecule has 0 radical (unpaired) electrons. The lowest BCUT2D eigenvalue weighted by Gasteiger charge is -2.22. The zero-order chi connectivity index (χ0) is 16.0. The number of aliphatic hydroxyl groups excluding tert-OH is 1. The van der Waals surface area contributed by atoms with Gasteiger partial charge in [-0.15, -0.1) is 0 Å². The van der Waals surface area contributed by atoms with Crippen molar-refractivity contribution >= 4 is 17.3 Å². The standard InChI is InChI=1S/C16H11F2NO3/c1-7(20)19-14-12-10(6-11(17)13(14)18)15(21)8-4-2-3-5-9(8)16(12)22/h2-7,19-20H,1H3. The first kappa shape index (κ1) is 14.3. The van der Waals surface area contributed by atoms with Crippen molar-refractivity contribution in [2.45, 2.75) is 13.2 Å². The Balaban J connectivity index is 2.33. The summed E-state index contributed by atoms with van der Waals surface area (Å²) in [7, 11) is 0. The molecule has 0 amide bonds. The SMILES string of the molecule is CC(O)Nc1c(F)c(F)cc2c1C(=O)c1ccccc1C2=O. The highest BCUT2D eigenvalue weighted by Crippen LogP contribution is 2.35. The van der Waals surface area contributed by atoms with Crippen molar-refractivity contribution in [2.75, 3.05) is 5.32 Å². The van der Waals surface area contributed by atoms with Gasteiger partial charge < -0.3 is 10.4 Å². The van der Waals surface area contributed by atoms with E-state index in [2.05, 4.69) is 5.32 Å². The number of carbonyl (C=O) groups is 2. The molecule has 3 rings (SSSR count). The van der Waals surface area contributed by atoms with Crippen LogP contribution < -0.4 is 5.32 Å². The molecular weight excluding hydrogens is 292 g/mol. The minimum Gasteiger partial charge on any atom is -0.374 e. The molecule has 1 aliphatic carbocycles. The first-order chi connectivity index (χ1) is 10.4. The molecule has 2 aromatic carbocycles. The molecule has 0 aromatic heterocycles. The molecule has 4 nitrogen and oxygen atoms in total. The van der Waals surface area contributed by atoms with E-state index in [1.165, 1.54) is 19.1 Å². The number of rotatable bonds is 2. The van der Waals surface area contributed by atoms with E-state index >= 15 is 0 Å². The first-order valence-corrected chi connectivity index (χ1v) is 6.57. The number of carbonyl (C=O) groups excluding carboxylic acids is 2. The quantitative estimate of drug-likeness (QED) is 0.714. The van der Waals surface area contributed by atoms with E-state index in [1.54, 1.807) is 12.1 Å². The maximum Gasteiger partial charge on any atom is 0.196 e. The number of ketones is 2. The Hall–Kier alpha value is -2.60. The predicted molar refractivity (Wildman–Crippen MR) is 75.0 cm³/mol. The number of hydrogen-bond acceptors (Lipinski definition) is 4. The van der Waals surface area contributed by atoms with Gasteiger partial charge in [0, 0.05) is 16.7 Å². The normalized spacial score (nSPS) is 14.4. The molecule has 22 heavy (non-hydrogen) atoms. The Kier molecular flexibility index (Phi) is 3.26. The topological polar surface area (TPSA) is 66.4 Å². The minimum atomic E-state index is -1.31. The van der Waals surface area contributed by atoms with E-state index in [4.69, 9.17) is 0 Å². The van der Waals surface area contributed by atoms with Gasteiger partial charge in [0.25, 0.3) is 0 Å². The Bertz CT molecular complexity index is 815. The van der Waals surface area contributed by atoms with Crippen LogP contribution in [0.3, 0.4) is 0 Å². The number of nitrogens with one attached hydrogen (secondary N) is 1. The second kappa shape index (κ2) is 4.99. The molecule has 0 aliphatic heterocycles. The van der Waals surface area contributed by atoms with Crippen molar-refractivity contribution in [3.8, 4) is 0 Å². The summed E-state index contributed by atoms with van der Waals surface area (Å²) in [6, 6.07) is 6.79. The molecule has 0 saturated carbocycles. The van der Waals surface area contributed by atoms with Gasteiger partial charge in [0.05, 0.1) is 11.3 Å². The summed E-state index contributed by atoms with van der Waals surface area (Å²) in [6.45, 7) is 1.29. The number of benzene rings is 2. The van der Waals surface area contributed by atoms with Crippen molar-refractivity contribution in [2.24, 2.45) is 0 Å².